The summed E-state index contributed by atoms with van der Waals surface area (Å²) in [6.07, 6.45) is -7.79. The predicted octanol–water partition coefficient (Wildman–Crippen LogP) is 1.46. The van der Waals surface area contributed by atoms with Gasteiger partial charge in [-0.2, -0.15) is 26.3 Å². The van der Waals surface area contributed by atoms with Gasteiger partial charge in [-0.1, -0.05) is 0 Å². The molecule has 1 aromatic rings. The van der Waals surface area contributed by atoms with Crippen LogP contribution in [0, 0.1) is 5.92 Å². The molecule has 0 saturated carbocycles. The third-order valence-electron chi connectivity index (χ3n) is 6.81. The van der Waals surface area contributed by atoms with Gasteiger partial charge < -0.3 is 19.9 Å². The molecule has 2 amide bonds. The van der Waals surface area contributed by atoms with Gasteiger partial charge in [0.2, 0.25) is 11.8 Å². The van der Waals surface area contributed by atoms with E-state index in [1.165, 1.54) is 6.07 Å². The fourth-order valence-corrected chi connectivity index (χ4v) is 4.81. The molecule has 3 fully saturated rings. The molecule has 4 atom stereocenters. The summed E-state index contributed by atoms with van der Waals surface area (Å²) in [6.45, 7) is 1.65. The molecule has 15 heteroatoms. The Morgan fingerprint density at radius 2 is 1.78 bits per heavy atom. The maximum atomic E-state index is 13.3. The number of amides is 2. The minimum absolute atomic E-state index is 0.0848. The normalized spacial score (nSPS) is 27.4. The summed E-state index contributed by atoms with van der Waals surface area (Å²) in [6, 6.07) is 1.16. The molecule has 0 spiro atoms. The highest BCUT2D eigenvalue weighted by Gasteiger charge is 2.51. The van der Waals surface area contributed by atoms with E-state index in [2.05, 4.69) is 15.7 Å². The Morgan fingerprint density at radius 1 is 1.08 bits per heavy atom. The Balaban J connectivity index is 1.20. The number of alkyl halides is 6. The summed E-state index contributed by atoms with van der Waals surface area (Å²) >= 11 is 0. The Morgan fingerprint density at radius 3 is 2.41 bits per heavy atom. The zero-order chi connectivity index (χ0) is 26.8. The summed E-state index contributed by atoms with van der Waals surface area (Å²) in [7, 11) is 0. The first-order valence-corrected chi connectivity index (χ1v) is 12.0. The quantitative estimate of drug-likeness (QED) is 0.472. The van der Waals surface area contributed by atoms with Gasteiger partial charge in [0, 0.05) is 51.5 Å². The largest absolute Gasteiger partial charge is 0.417 e. The highest BCUT2D eigenvalue weighted by molar-refractivity contribution is 5.80. The van der Waals surface area contributed by atoms with E-state index in [4.69, 9.17) is 4.74 Å². The minimum atomic E-state index is -4.68. The van der Waals surface area contributed by atoms with E-state index in [1.807, 2.05) is 10.3 Å². The first kappa shape index (κ1) is 27.4. The van der Waals surface area contributed by atoms with E-state index >= 15 is 0 Å². The van der Waals surface area contributed by atoms with Gasteiger partial charge in [0.25, 0.3) is 0 Å². The van der Waals surface area contributed by atoms with Crippen LogP contribution in [0.25, 0.3) is 0 Å². The number of carbonyl (C=O) groups excluding carboxylic acids is 2. The lowest BCUT2D eigenvalue weighted by atomic mass is 9.96. The molecule has 1 aromatic heterocycles. The van der Waals surface area contributed by atoms with Crippen LogP contribution in [0.2, 0.25) is 0 Å². The molecule has 37 heavy (non-hydrogen) atoms. The molecule has 0 aromatic carbocycles. The highest BCUT2D eigenvalue weighted by Crippen LogP contribution is 2.31. The van der Waals surface area contributed by atoms with E-state index in [0.29, 0.717) is 44.8 Å². The van der Waals surface area contributed by atoms with Gasteiger partial charge >= 0.3 is 12.4 Å². The predicted molar refractivity (Wildman–Crippen MR) is 118 cm³/mol. The minimum Gasteiger partial charge on any atom is -0.373 e. The third-order valence-corrected chi connectivity index (χ3v) is 6.81. The van der Waals surface area contributed by atoms with Crippen molar-refractivity contribution >= 4 is 17.6 Å². The summed E-state index contributed by atoms with van der Waals surface area (Å²) in [4.78, 5) is 31.8. The monoisotopic (exact) mass is 538 g/mol. The zero-order valence-corrected chi connectivity index (χ0v) is 19.7. The second kappa shape index (κ2) is 11.0. The van der Waals surface area contributed by atoms with Crippen LogP contribution in [0.5, 0.6) is 0 Å². The van der Waals surface area contributed by atoms with Crippen LogP contribution in [0.15, 0.2) is 18.3 Å². The van der Waals surface area contributed by atoms with E-state index < -0.39 is 35.8 Å². The van der Waals surface area contributed by atoms with Crippen molar-refractivity contribution in [1.29, 1.82) is 0 Å². The number of hydrazine groups is 1. The maximum Gasteiger partial charge on any atom is 0.417 e. The zero-order valence-electron chi connectivity index (χ0n) is 19.7. The number of ether oxygens (including phenoxy) is 1. The van der Waals surface area contributed by atoms with Crippen molar-refractivity contribution < 1.29 is 40.7 Å². The van der Waals surface area contributed by atoms with Crippen molar-refractivity contribution in [3.05, 3.63) is 23.9 Å². The Bertz CT molecular complexity index is 952. The first-order chi connectivity index (χ1) is 17.4. The molecule has 3 N–H and O–H groups in total. The molecule has 2 unspecified atom stereocenters. The molecule has 3 saturated heterocycles. The lowest BCUT2D eigenvalue weighted by molar-refractivity contribution is -0.193. The topological polar surface area (TPSA) is 98.8 Å². The van der Waals surface area contributed by atoms with Gasteiger partial charge in [0.05, 0.1) is 24.2 Å². The van der Waals surface area contributed by atoms with Crippen LogP contribution >= 0.6 is 0 Å². The van der Waals surface area contributed by atoms with Crippen LogP contribution in [0.4, 0.5) is 32.2 Å². The molecular weight excluding hydrogens is 510 g/mol. The van der Waals surface area contributed by atoms with Gasteiger partial charge in [0.1, 0.15) is 5.82 Å². The van der Waals surface area contributed by atoms with Crippen molar-refractivity contribution in [3.8, 4) is 0 Å². The van der Waals surface area contributed by atoms with Crippen molar-refractivity contribution in [2.45, 2.75) is 49.9 Å². The van der Waals surface area contributed by atoms with Crippen molar-refractivity contribution in [3.63, 3.8) is 0 Å². The van der Waals surface area contributed by atoms with Crippen LogP contribution in [0.3, 0.4) is 0 Å². The Hall–Kier alpha value is -2.65. The molecule has 3 aliphatic rings. The van der Waals surface area contributed by atoms with Crippen LogP contribution in [-0.2, 0) is 20.5 Å². The average Bonchev–Trinajstić information content (AvgIpc) is 3.28. The average molecular weight is 538 g/mol. The molecule has 0 aliphatic carbocycles. The van der Waals surface area contributed by atoms with E-state index in [0.717, 1.165) is 12.3 Å². The number of hydrogen-bond acceptors (Lipinski definition) is 7. The second-order valence-electron chi connectivity index (χ2n) is 9.34. The van der Waals surface area contributed by atoms with Gasteiger partial charge in [0.15, 0.2) is 5.92 Å². The van der Waals surface area contributed by atoms with Crippen LogP contribution < -0.4 is 21.1 Å². The summed E-state index contributed by atoms with van der Waals surface area (Å²) in [5.41, 5.74) is 3.63. The number of rotatable bonds is 6. The highest BCUT2D eigenvalue weighted by atomic mass is 19.4. The number of nitrogens with one attached hydrogen (secondary N) is 3. The number of anilines is 1. The molecular formula is C22H28F6N6O3. The second-order valence-corrected chi connectivity index (χ2v) is 9.34. The Labute approximate surface area is 208 Å². The van der Waals surface area contributed by atoms with Gasteiger partial charge in [-0.15, -0.1) is 0 Å². The van der Waals surface area contributed by atoms with E-state index in [1.54, 1.807) is 4.90 Å². The lowest BCUT2D eigenvalue weighted by Crippen LogP contribution is -2.64. The number of pyridine rings is 1. The molecule has 0 bridgehead atoms. The third kappa shape index (κ3) is 6.82. The van der Waals surface area contributed by atoms with Crippen molar-refractivity contribution in [2.24, 2.45) is 5.92 Å². The number of hydrogen-bond donors (Lipinski definition) is 3. The number of nitrogens with zero attached hydrogens (tertiary/aromatic N) is 3. The SMILES string of the molecule is O=C1NNCC(NC[C@H]2CC[C@H](CC(=O)N3CCN(c4ccc(C(F)(F)F)cn4)CC3)O2)C1C(F)(F)F. The van der Waals surface area contributed by atoms with E-state index in [9.17, 15) is 35.9 Å². The molecule has 3 aliphatic heterocycles. The van der Waals surface area contributed by atoms with Crippen LogP contribution in [0.1, 0.15) is 24.8 Å². The maximum absolute atomic E-state index is 13.3. The molecule has 4 heterocycles. The fraction of sp³-hybridized carbons (Fsp3) is 0.682. The molecule has 9 nitrogen and oxygen atoms in total. The summed E-state index contributed by atoms with van der Waals surface area (Å²) in [5.74, 6) is -3.01. The number of aromatic nitrogens is 1. The van der Waals surface area contributed by atoms with Gasteiger partial charge in [-0.05, 0) is 25.0 Å². The standard InChI is InChI=1S/C22H28F6N6O3/c23-21(24,25)13-1-4-17(30-10-13)33-5-7-34(8-6-33)18(35)9-14-2-3-15(37-14)11-29-16-12-31-32-20(36)19(16)22(26,27)28/h1,4,10,14-16,19,29,31H,2-3,5-9,11-12H2,(H,32,36)/t14-,15-,16?,19?/m1/s1. The summed E-state index contributed by atoms with van der Waals surface area (Å²) in [5, 5.41) is 2.78. The Kier molecular flexibility index (Phi) is 8.14. The molecule has 0 radical (unpaired) electrons. The van der Waals surface area contributed by atoms with E-state index in [-0.39, 0.29) is 37.6 Å². The van der Waals surface area contributed by atoms with Crippen molar-refractivity contribution in [1.82, 2.24) is 26.1 Å². The summed E-state index contributed by atoms with van der Waals surface area (Å²) < 4.78 is 83.8. The number of halogens is 6. The van der Waals surface area contributed by atoms with Crippen molar-refractivity contribution in [2.75, 3.05) is 44.2 Å². The number of piperazine rings is 1. The molecule has 4 rings (SSSR count). The van der Waals surface area contributed by atoms with Gasteiger partial charge in [-0.25, -0.2) is 10.4 Å². The van der Waals surface area contributed by atoms with Crippen LogP contribution in [-0.4, -0.2) is 85.4 Å². The first-order valence-electron chi connectivity index (χ1n) is 12.0. The smallest absolute Gasteiger partial charge is 0.373 e. The molecule has 206 valence electrons. The van der Waals surface area contributed by atoms with Gasteiger partial charge in [-0.3, -0.25) is 15.0 Å². The lowest BCUT2D eigenvalue weighted by Gasteiger charge is -2.36. The number of carbonyl (C=O) groups is 2. The fourth-order valence-electron chi connectivity index (χ4n) is 4.81.